The first-order valence-corrected chi connectivity index (χ1v) is 5.97. The van der Waals surface area contributed by atoms with Crippen molar-refractivity contribution in [3.63, 3.8) is 0 Å². The molecule has 1 aromatic heterocycles. The van der Waals surface area contributed by atoms with E-state index in [1.807, 2.05) is 36.4 Å². The monoisotopic (exact) mass is 263 g/mol. The predicted molar refractivity (Wildman–Crippen MR) is 70.7 cm³/mol. The van der Waals surface area contributed by atoms with E-state index in [0.29, 0.717) is 18.4 Å². The molecule has 0 radical (unpaired) electrons. The van der Waals surface area contributed by atoms with Gasteiger partial charge in [0.1, 0.15) is 10.9 Å². The summed E-state index contributed by atoms with van der Waals surface area (Å²) < 4.78 is 10.7. The van der Waals surface area contributed by atoms with Crippen LogP contribution in [0.25, 0.3) is 0 Å². The summed E-state index contributed by atoms with van der Waals surface area (Å²) in [5.74, 6) is 0.842. The SMILES string of the molecule is COc1ccc(COCc2cccnc2Cl)cc1. The number of methoxy groups -OCH3 is 1. The van der Waals surface area contributed by atoms with Crippen molar-refractivity contribution in [2.45, 2.75) is 13.2 Å². The number of ether oxygens (including phenoxy) is 2. The molecular formula is C14H14ClNO2. The Morgan fingerprint density at radius 3 is 2.56 bits per heavy atom. The van der Waals surface area contributed by atoms with E-state index in [1.165, 1.54) is 0 Å². The number of hydrogen-bond acceptors (Lipinski definition) is 3. The van der Waals surface area contributed by atoms with Crippen molar-refractivity contribution in [2.24, 2.45) is 0 Å². The van der Waals surface area contributed by atoms with Gasteiger partial charge in [0.15, 0.2) is 0 Å². The van der Waals surface area contributed by atoms with E-state index < -0.39 is 0 Å². The summed E-state index contributed by atoms with van der Waals surface area (Å²) in [6.45, 7) is 0.994. The second-order valence-corrected chi connectivity index (χ2v) is 4.15. The lowest BCUT2D eigenvalue weighted by Gasteiger charge is -2.06. The highest BCUT2D eigenvalue weighted by Crippen LogP contribution is 2.15. The zero-order chi connectivity index (χ0) is 12.8. The van der Waals surface area contributed by atoms with E-state index in [1.54, 1.807) is 13.3 Å². The average Bonchev–Trinajstić information content (AvgIpc) is 2.42. The van der Waals surface area contributed by atoms with Crippen molar-refractivity contribution < 1.29 is 9.47 Å². The van der Waals surface area contributed by atoms with Gasteiger partial charge in [0.2, 0.25) is 0 Å². The summed E-state index contributed by atoms with van der Waals surface area (Å²) in [5, 5.41) is 0.493. The maximum Gasteiger partial charge on any atom is 0.134 e. The second kappa shape index (κ2) is 6.38. The molecule has 0 unspecified atom stereocenters. The molecule has 0 bridgehead atoms. The fraction of sp³-hybridized carbons (Fsp3) is 0.214. The first-order chi connectivity index (χ1) is 8.79. The molecule has 1 aromatic carbocycles. The van der Waals surface area contributed by atoms with Crippen LogP contribution in [0, 0.1) is 0 Å². The molecule has 0 aliphatic rings. The topological polar surface area (TPSA) is 31.4 Å². The molecule has 94 valence electrons. The van der Waals surface area contributed by atoms with Crippen LogP contribution in [-0.4, -0.2) is 12.1 Å². The average molecular weight is 264 g/mol. The summed E-state index contributed by atoms with van der Waals surface area (Å²) in [4.78, 5) is 4.00. The van der Waals surface area contributed by atoms with Crippen molar-refractivity contribution in [3.05, 3.63) is 58.9 Å². The van der Waals surface area contributed by atoms with E-state index in [9.17, 15) is 0 Å². The predicted octanol–water partition coefficient (Wildman–Crippen LogP) is 3.46. The Bertz CT molecular complexity index is 499. The number of hydrogen-bond donors (Lipinski definition) is 0. The first kappa shape index (κ1) is 12.9. The molecule has 0 saturated heterocycles. The van der Waals surface area contributed by atoms with Crippen molar-refractivity contribution >= 4 is 11.6 Å². The molecule has 0 fully saturated rings. The molecular weight excluding hydrogens is 250 g/mol. The largest absolute Gasteiger partial charge is 0.497 e. The van der Waals surface area contributed by atoms with Gasteiger partial charge in [-0.2, -0.15) is 0 Å². The number of benzene rings is 1. The van der Waals surface area contributed by atoms with Crippen LogP contribution in [0.4, 0.5) is 0 Å². The van der Waals surface area contributed by atoms with Crippen LogP contribution in [0.5, 0.6) is 5.75 Å². The number of halogens is 1. The molecule has 4 heteroatoms. The molecule has 0 amide bonds. The third-order valence-electron chi connectivity index (χ3n) is 2.52. The molecule has 0 N–H and O–H groups in total. The molecule has 0 atom stereocenters. The molecule has 1 heterocycles. The molecule has 2 aromatic rings. The molecule has 0 saturated carbocycles. The lowest BCUT2D eigenvalue weighted by atomic mass is 10.2. The van der Waals surface area contributed by atoms with E-state index >= 15 is 0 Å². The van der Waals surface area contributed by atoms with Gasteiger partial charge in [-0.1, -0.05) is 29.8 Å². The number of rotatable bonds is 5. The van der Waals surface area contributed by atoms with Gasteiger partial charge in [-0.15, -0.1) is 0 Å². The summed E-state index contributed by atoms with van der Waals surface area (Å²) in [6, 6.07) is 11.5. The standard InChI is InChI=1S/C14H14ClNO2/c1-17-13-6-4-11(5-7-13)9-18-10-12-3-2-8-16-14(12)15/h2-8H,9-10H2,1H3. The molecule has 3 nitrogen and oxygen atoms in total. The minimum absolute atomic E-state index is 0.457. The highest BCUT2D eigenvalue weighted by atomic mass is 35.5. The Labute approximate surface area is 111 Å². The highest BCUT2D eigenvalue weighted by Gasteiger charge is 2.00. The van der Waals surface area contributed by atoms with Crippen LogP contribution in [0.15, 0.2) is 42.6 Å². The summed E-state index contributed by atoms with van der Waals surface area (Å²) in [7, 11) is 1.65. The van der Waals surface area contributed by atoms with E-state index in [0.717, 1.165) is 16.9 Å². The Balaban J connectivity index is 1.86. The molecule has 18 heavy (non-hydrogen) atoms. The minimum Gasteiger partial charge on any atom is -0.497 e. The van der Waals surface area contributed by atoms with Crippen LogP contribution >= 0.6 is 11.6 Å². The Morgan fingerprint density at radius 2 is 1.89 bits per heavy atom. The quantitative estimate of drug-likeness (QED) is 0.774. The minimum atomic E-state index is 0.457. The van der Waals surface area contributed by atoms with Gasteiger partial charge < -0.3 is 9.47 Å². The second-order valence-electron chi connectivity index (χ2n) is 3.79. The smallest absolute Gasteiger partial charge is 0.134 e. The van der Waals surface area contributed by atoms with Crippen LogP contribution in [-0.2, 0) is 18.0 Å². The Morgan fingerprint density at radius 1 is 1.11 bits per heavy atom. The van der Waals surface area contributed by atoms with Gasteiger partial charge >= 0.3 is 0 Å². The maximum atomic E-state index is 5.94. The number of aromatic nitrogens is 1. The first-order valence-electron chi connectivity index (χ1n) is 5.59. The van der Waals surface area contributed by atoms with Gasteiger partial charge in [-0.25, -0.2) is 4.98 Å². The van der Waals surface area contributed by atoms with Gasteiger partial charge in [0.05, 0.1) is 20.3 Å². The van der Waals surface area contributed by atoms with Crippen LogP contribution in [0.2, 0.25) is 5.15 Å². The highest BCUT2D eigenvalue weighted by molar-refractivity contribution is 6.30. The number of nitrogens with zero attached hydrogens (tertiary/aromatic N) is 1. The van der Waals surface area contributed by atoms with Crippen molar-refractivity contribution in [2.75, 3.05) is 7.11 Å². The normalized spacial score (nSPS) is 10.3. The summed E-state index contributed by atoms with van der Waals surface area (Å²) in [6.07, 6.45) is 1.66. The zero-order valence-corrected chi connectivity index (χ0v) is 10.9. The third kappa shape index (κ3) is 3.45. The zero-order valence-electron chi connectivity index (χ0n) is 10.1. The Kier molecular flexibility index (Phi) is 4.56. The van der Waals surface area contributed by atoms with E-state index in [-0.39, 0.29) is 0 Å². The van der Waals surface area contributed by atoms with Gasteiger partial charge in [0.25, 0.3) is 0 Å². The fourth-order valence-electron chi connectivity index (χ4n) is 1.53. The molecule has 0 aliphatic heterocycles. The third-order valence-corrected chi connectivity index (χ3v) is 2.86. The maximum absolute atomic E-state index is 5.94. The lowest BCUT2D eigenvalue weighted by Crippen LogP contribution is -1.96. The van der Waals surface area contributed by atoms with Crippen LogP contribution in [0.1, 0.15) is 11.1 Å². The lowest BCUT2D eigenvalue weighted by molar-refractivity contribution is 0.107. The van der Waals surface area contributed by atoms with Crippen molar-refractivity contribution in [3.8, 4) is 5.75 Å². The van der Waals surface area contributed by atoms with Crippen molar-refractivity contribution in [1.29, 1.82) is 0 Å². The van der Waals surface area contributed by atoms with Crippen LogP contribution < -0.4 is 4.74 Å². The summed E-state index contributed by atoms with van der Waals surface area (Å²) in [5.41, 5.74) is 1.99. The van der Waals surface area contributed by atoms with Gasteiger partial charge in [0, 0.05) is 11.8 Å². The summed E-state index contributed by atoms with van der Waals surface area (Å²) >= 11 is 5.94. The Hall–Kier alpha value is -1.58. The van der Waals surface area contributed by atoms with Crippen molar-refractivity contribution in [1.82, 2.24) is 4.98 Å². The molecule has 0 aliphatic carbocycles. The van der Waals surface area contributed by atoms with Crippen LogP contribution in [0.3, 0.4) is 0 Å². The molecule has 0 spiro atoms. The van der Waals surface area contributed by atoms with E-state index in [2.05, 4.69) is 4.98 Å². The fourth-order valence-corrected chi connectivity index (χ4v) is 1.70. The van der Waals surface area contributed by atoms with E-state index in [4.69, 9.17) is 21.1 Å². The molecule has 2 rings (SSSR count). The van der Waals surface area contributed by atoms with Gasteiger partial charge in [-0.3, -0.25) is 0 Å². The number of pyridine rings is 1. The van der Waals surface area contributed by atoms with Gasteiger partial charge in [-0.05, 0) is 23.8 Å².